The van der Waals surface area contributed by atoms with Crippen LogP contribution in [0.2, 0.25) is 5.02 Å². The molecule has 4 rings (SSSR count). The summed E-state index contributed by atoms with van der Waals surface area (Å²) in [6.45, 7) is 0. The van der Waals surface area contributed by atoms with E-state index in [1.165, 1.54) is 34.9 Å². The number of benzene rings is 2. The van der Waals surface area contributed by atoms with Crippen molar-refractivity contribution < 1.29 is 13.2 Å². The third-order valence-electron chi connectivity index (χ3n) is 4.49. The van der Waals surface area contributed by atoms with Gasteiger partial charge in [-0.3, -0.25) is 9.20 Å². The molecule has 158 valence electrons. The summed E-state index contributed by atoms with van der Waals surface area (Å²) in [6, 6.07) is 20.6. The third-order valence-corrected chi connectivity index (χ3v) is 6.42. The number of pyridine rings is 1. The molecule has 9 heteroatoms. The van der Waals surface area contributed by atoms with E-state index in [9.17, 15) is 18.5 Å². The lowest BCUT2D eigenvalue weighted by molar-refractivity contribution is 0.461. The van der Waals surface area contributed by atoms with E-state index in [0.717, 1.165) is 6.08 Å². The summed E-state index contributed by atoms with van der Waals surface area (Å²) < 4.78 is 33.1. The number of hydrogen-bond acceptors (Lipinski definition) is 6. The van der Waals surface area contributed by atoms with Gasteiger partial charge in [-0.2, -0.15) is 10.2 Å². The molecule has 2 aromatic carbocycles. The lowest BCUT2D eigenvalue weighted by Gasteiger charge is -2.10. The van der Waals surface area contributed by atoms with E-state index < -0.39 is 20.3 Å². The number of allylic oxidation sites excluding steroid dienone is 1. The Balaban J connectivity index is 1.93. The smallest absolute Gasteiger partial charge is 0.269 e. The Morgan fingerprint density at radius 2 is 1.72 bits per heavy atom. The van der Waals surface area contributed by atoms with Crippen LogP contribution in [0.15, 0.2) is 93.6 Å². The molecule has 0 aliphatic heterocycles. The number of para-hydroxylation sites is 1. The molecule has 2 heterocycles. The molecule has 32 heavy (non-hydrogen) atoms. The number of hydrogen-bond donors (Lipinski definition) is 0. The topological polar surface area (TPSA) is 102 Å². The first-order chi connectivity index (χ1) is 15.4. The second kappa shape index (κ2) is 8.67. The fraction of sp³-hybridized carbons (Fsp3) is 0. The highest BCUT2D eigenvalue weighted by molar-refractivity contribution is 7.95. The van der Waals surface area contributed by atoms with Gasteiger partial charge in [-0.1, -0.05) is 35.9 Å². The van der Waals surface area contributed by atoms with E-state index >= 15 is 0 Å². The van der Waals surface area contributed by atoms with Crippen LogP contribution in [0.5, 0.6) is 11.6 Å². The lowest BCUT2D eigenvalue weighted by atomic mass is 10.2. The van der Waals surface area contributed by atoms with Crippen molar-refractivity contribution in [3.63, 3.8) is 0 Å². The molecule has 0 saturated heterocycles. The standard InChI is InChI=1S/C23H14ClN3O4S/c24-16-9-11-18(12-10-16)32(29,30)19(15-25)14-20-22(31-17-6-2-1-3-7-17)26-21-8-4-5-13-27(21)23(20)28/h1-14H. The van der Waals surface area contributed by atoms with Gasteiger partial charge < -0.3 is 4.74 Å². The average molecular weight is 464 g/mol. The molecule has 0 amide bonds. The predicted octanol–water partition coefficient (Wildman–Crippen LogP) is 4.48. The van der Waals surface area contributed by atoms with Crippen molar-refractivity contribution in [2.45, 2.75) is 4.90 Å². The molecule has 0 aliphatic carbocycles. The summed E-state index contributed by atoms with van der Waals surface area (Å²) in [5, 5.41) is 9.98. The number of sulfone groups is 1. The number of aromatic nitrogens is 2. The predicted molar refractivity (Wildman–Crippen MR) is 120 cm³/mol. The van der Waals surface area contributed by atoms with Crippen LogP contribution in [-0.2, 0) is 9.84 Å². The van der Waals surface area contributed by atoms with Crippen LogP contribution in [0, 0.1) is 11.3 Å². The van der Waals surface area contributed by atoms with Crippen LogP contribution in [0.3, 0.4) is 0 Å². The molecule has 0 radical (unpaired) electrons. The van der Waals surface area contributed by atoms with Crippen LogP contribution in [0.1, 0.15) is 5.56 Å². The van der Waals surface area contributed by atoms with Crippen LogP contribution >= 0.6 is 11.6 Å². The zero-order chi connectivity index (χ0) is 22.7. The van der Waals surface area contributed by atoms with Crippen molar-refractivity contribution in [2.24, 2.45) is 0 Å². The molecule has 0 bridgehead atoms. The first-order valence-electron chi connectivity index (χ1n) is 9.27. The van der Waals surface area contributed by atoms with Crippen LogP contribution < -0.4 is 10.3 Å². The quantitative estimate of drug-likeness (QED) is 0.404. The van der Waals surface area contributed by atoms with Gasteiger partial charge in [0.25, 0.3) is 5.56 Å². The first-order valence-corrected chi connectivity index (χ1v) is 11.1. The summed E-state index contributed by atoms with van der Waals surface area (Å²) in [5.41, 5.74) is -0.452. The molecule has 0 atom stereocenters. The van der Waals surface area contributed by atoms with E-state index in [1.807, 2.05) is 0 Å². The number of nitriles is 1. The Kier molecular flexibility index (Phi) is 5.77. The molecule has 0 fully saturated rings. The Morgan fingerprint density at radius 3 is 2.41 bits per heavy atom. The van der Waals surface area contributed by atoms with E-state index in [1.54, 1.807) is 54.6 Å². The highest BCUT2D eigenvalue weighted by Gasteiger charge is 2.23. The second-order valence-electron chi connectivity index (χ2n) is 6.56. The van der Waals surface area contributed by atoms with E-state index in [-0.39, 0.29) is 16.3 Å². The zero-order valence-corrected chi connectivity index (χ0v) is 17.9. The zero-order valence-electron chi connectivity index (χ0n) is 16.3. The monoisotopic (exact) mass is 463 g/mol. The van der Waals surface area contributed by atoms with Crippen molar-refractivity contribution in [3.05, 3.63) is 105 Å². The van der Waals surface area contributed by atoms with Crippen molar-refractivity contribution in [3.8, 4) is 17.7 Å². The van der Waals surface area contributed by atoms with Gasteiger partial charge in [-0.05, 0) is 54.6 Å². The maximum atomic E-state index is 13.2. The molecule has 0 saturated carbocycles. The SMILES string of the molecule is N#CC(=Cc1c(Oc2ccccc2)nc2ccccn2c1=O)S(=O)(=O)c1ccc(Cl)cc1. The van der Waals surface area contributed by atoms with Crippen LogP contribution in [0.4, 0.5) is 0 Å². The molecule has 0 unspecified atom stereocenters. The number of nitrogens with zero attached hydrogens (tertiary/aromatic N) is 3. The van der Waals surface area contributed by atoms with Crippen molar-refractivity contribution >= 4 is 33.2 Å². The largest absolute Gasteiger partial charge is 0.438 e. The van der Waals surface area contributed by atoms with Gasteiger partial charge in [0.15, 0.2) is 0 Å². The fourth-order valence-electron chi connectivity index (χ4n) is 2.93. The van der Waals surface area contributed by atoms with Gasteiger partial charge in [0.05, 0.1) is 4.90 Å². The Bertz CT molecular complexity index is 1540. The molecular weight excluding hydrogens is 450 g/mol. The van der Waals surface area contributed by atoms with Gasteiger partial charge in [0.2, 0.25) is 15.7 Å². The summed E-state index contributed by atoms with van der Waals surface area (Å²) >= 11 is 5.84. The molecule has 0 spiro atoms. The van der Waals surface area contributed by atoms with E-state index in [0.29, 0.717) is 16.4 Å². The van der Waals surface area contributed by atoms with Crippen LogP contribution in [-0.4, -0.2) is 17.8 Å². The van der Waals surface area contributed by atoms with Crippen molar-refractivity contribution in [1.82, 2.24) is 9.38 Å². The summed E-state index contributed by atoms with van der Waals surface area (Å²) in [7, 11) is -4.22. The fourth-order valence-corrected chi connectivity index (χ4v) is 4.19. The minimum atomic E-state index is -4.22. The summed E-state index contributed by atoms with van der Waals surface area (Å²) in [5.74, 6) is 0.278. The maximum absolute atomic E-state index is 13.2. The molecule has 0 aliphatic rings. The average Bonchev–Trinajstić information content (AvgIpc) is 2.80. The first kappa shape index (κ1) is 21.3. The highest BCUT2D eigenvalue weighted by atomic mass is 35.5. The molecule has 7 nitrogen and oxygen atoms in total. The van der Waals surface area contributed by atoms with Crippen molar-refractivity contribution in [2.75, 3.05) is 0 Å². The summed E-state index contributed by atoms with van der Waals surface area (Å²) in [4.78, 5) is 16.8. The molecular formula is C23H14ClN3O4S. The van der Waals surface area contributed by atoms with E-state index in [2.05, 4.69) is 4.98 Å². The summed E-state index contributed by atoms with van der Waals surface area (Å²) in [6.07, 6.45) is 2.48. The Labute approximate surface area is 188 Å². The highest BCUT2D eigenvalue weighted by Crippen LogP contribution is 2.27. The van der Waals surface area contributed by atoms with Gasteiger partial charge in [-0.15, -0.1) is 0 Å². The van der Waals surface area contributed by atoms with E-state index in [4.69, 9.17) is 16.3 Å². The number of halogens is 1. The van der Waals surface area contributed by atoms with Gasteiger partial charge in [0, 0.05) is 11.2 Å². The lowest BCUT2D eigenvalue weighted by Crippen LogP contribution is -2.19. The molecule has 2 aromatic heterocycles. The number of rotatable bonds is 5. The van der Waals surface area contributed by atoms with Gasteiger partial charge in [0.1, 0.15) is 27.9 Å². The number of fused-ring (bicyclic) bond motifs is 1. The number of ether oxygens (including phenoxy) is 1. The van der Waals surface area contributed by atoms with Crippen molar-refractivity contribution in [1.29, 1.82) is 5.26 Å². The van der Waals surface area contributed by atoms with Gasteiger partial charge in [-0.25, -0.2) is 8.42 Å². The van der Waals surface area contributed by atoms with Crippen LogP contribution in [0.25, 0.3) is 11.7 Å². The Hall–Kier alpha value is -3.93. The minimum Gasteiger partial charge on any atom is -0.438 e. The Morgan fingerprint density at radius 1 is 1.03 bits per heavy atom. The van der Waals surface area contributed by atoms with Gasteiger partial charge >= 0.3 is 0 Å². The second-order valence-corrected chi connectivity index (χ2v) is 8.91. The maximum Gasteiger partial charge on any atom is 0.269 e. The molecule has 4 aromatic rings. The minimum absolute atomic E-state index is 0.119. The normalized spacial score (nSPS) is 11.8. The third kappa shape index (κ3) is 4.12. The molecule has 0 N–H and O–H groups in total.